The molecule has 0 saturated carbocycles. The molecule has 0 fully saturated rings. The monoisotopic (exact) mass is 409 g/mol. The van der Waals surface area contributed by atoms with Crippen molar-refractivity contribution in [3.05, 3.63) is 59.1 Å². The third-order valence-electron chi connectivity index (χ3n) is 5.07. The van der Waals surface area contributed by atoms with E-state index < -0.39 is 5.82 Å². The summed E-state index contributed by atoms with van der Waals surface area (Å²) in [6.07, 6.45) is 4.09. The topological polar surface area (TPSA) is 81.9 Å². The highest BCUT2D eigenvalue weighted by atomic mass is 19.1. The number of carbonyl (C=O) groups is 1. The van der Waals surface area contributed by atoms with Gasteiger partial charge in [-0.25, -0.2) is 9.37 Å². The van der Waals surface area contributed by atoms with Crippen LogP contribution in [0.3, 0.4) is 0 Å². The highest BCUT2D eigenvalue weighted by Gasteiger charge is 2.27. The van der Waals surface area contributed by atoms with Gasteiger partial charge in [-0.2, -0.15) is 5.10 Å². The molecule has 0 saturated heterocycles. The number of aryl methyl sites for hydroxylation is 4. The molecule has 0 bridgehead atoms. The summed E-state index contributed by atoms with van der Waals surface area (Å²) in [6, 6.07) is 5.23. The zero-order chi connectivity index (χ0) is 21.3. The summed E-state index contributed by atoms with van der Waals surface area (Å²) in [5, 5.41) is 7.13. The van der Waals surface area contributed by atoms with Gasteiger partial charge in [-0.1, -0.05) is 0 Å². The first-order valence-corrected chi connectivity index (χ1v) is 9.95. The molecule has 7 nitrogen and oxygen atoms in total. The molecule has 156 valence electrons. The molecule has 1 atom stereocenters. The van der Waals surface area contributed by atoms with Crippen LogP contribution in [0.5, 0.6) is 5.75 Å². The number of nitrogens with zero attached hydrogens (tertiary/aromatic N) is 4. The molecular formula is C22H24FN5O2. The summed E-state index contributed by atoms with van der Waals surface area (Å²) in [7, 11) is 0. The Kier molecular flexibility index (Phi) is 5.48. The second-order valence-corrected chi connectivity index (χ2v) is 7.61. The fourth-order valence-corrected chi connectivity index (χ4v) is 3.57. The van der Waals surface area contributed by atoms with E-state index in [-0.39, 0.29) is 17.8 Å². The first kappa shape index (κ1) is 20.0. The van der Waals surface area contributed by atoms with Crippen molar-refractivity contribution in [1.29, 1.82) is 0 Å². The molecule has 1 amide bonds. The molecule has 0 aliphatic carbocycles. The van der Waals surface area contributed by atoms with Crippen LogP contribution < -0.4 is 10.1 Å². The van der Waals surface area contributed by atoms with Gasteiger partial charge in [-0.15, -0.1) is 0 Å². The Morgan fingerprint density at radius 2 is 2.13 bits per heavy atom. The number of rotatable bonds is 6. The van der Waals surface area contributed by atoms with Crippen molar-refractivity contribution in [1.82, 2.24) is 25.1 Å². The lowest BCUT2D eigenvalue weighted by Crippen LogP contribution is -2.34. The number of hydrogen-bond donors (Lipinski definition) is 1. The minimum atomic E-state index is -0.423. The molecule has 3 aromatic rings. The number of carbonyl (C=O) groups excluding carboxylic acids is 1. The van der Waals surface area contributed by atoms with Crippen molar-refractivity contribution in [3.8, 4) is 17.0 Å². The Labute approximate surface area is 174 Å². The van der Waals surface area contributed by atoms with Gasteiger partial charge in [0.05, 0.1) is 29.3 Å². The molecule has 1 N–H and O–H groups in total. The van der Waals surface area contributed by atoms with Crippen LogP contribution >= 0.6 is 0 Å². The number of fused-ring (bicyclic) bond motifs is 1. The number of benzene rings is 1. The zero-order valence-electron chi connectivity index (χ0n) is 17.3. The van der Waals surface area contributed by atoms with Gasteiger partial charge in [0.15, 0.2) is 11.6 Å². The first-order chi connectivity index (χ1) is 14.4. The van der Waals surface area contributed by atoms with Crippen LogP contribution in [0.15, 0.2) is 30.6 Å². The van der Waals surface area contributed by atoms with Crippen molar-refractivity contribution in [2.24, 2.45) is 0 Å². The van der Waals surface area contributed by atoms with E-state index in [1.807, 2.05) is 39.1 Å². The highest BCUT2D eigenvalue weighted by molar-refractivity contribution is 5.75. The van der Waals surface area contributed by atoms with Gasteiger partial charge in [-0.05, 0) is 39.0 Å². The predicted octanol–water partition coefficient (Wildman–Crippen LogP) is 2.91. The average Bonchev–Trinajstić information content (AvgIpc) is 3.32. The lowest BCUT2D eigenvalue weighted by molar-refractivity contribution is -0.121. The van der Waals surface area contributed by atoms with E-state index in [0.717, 1.165) is 22.6 Å². The van der Waals surface area contributed by atoms with Crippen LogP contribution in [-0.2, 0) is 17.8 Å². The van der Waals surface area contributed by atoms with Crippen LogP contribution in [0.1, 0.15) is 29.1 Å². The molecule has 4 rings (SSSR count). The number of amides is 1. The van der Waals surface area contributed by atoms with E-state index >= 15 is 0 Å². The molecule has 2 aromatic heterocycles. The zero-order valence-corrected chi connectivity index (χ0v) is 17.3. The normalized spacial score (nSPS) is 15.0. The maximum absolute atomic E-state index is 14.7. The largest absolute Gasteiger partial charge is 0.485 e. The number of ether oxygens (including phenoxy) is 1. The second-order valence-electron chi connectivity index (χ2n) is 7.61. The molecule has 30 heavy (non-hydrogen) atoms. The van der Waals surface area contributed by atoms with E-state index in [1.165, 1.54) is 6.07 Å². The average molecular weight is 409 g/mol. The van der Waals surface area contributed by atoms with Gasteiger partial charge in [0, 0.05) is 42.9 Å². The van der Waals surface area contributed by atoms with E-state index in [1.54, 1.807) is 10.9 Å². The summed E-state index contributed by atoms with van der Waals surface area (Å²) in [5.74, 6) is -0.258. The highest BCUT2D eigenvalue weighted by Crippen LogP contribution is 2.35. The van der Waals surface area contributed by atoms with E-state index in [4.69, 9.17) is 4.74 Å². The quantitative estimate of drug-likeness (QED) is 0.677. The van der Waals surface area contributed by atoms with Gasteiger partial charge in [0.2, 0.25) is 5.91 Å². The fourth-order valence-electron chi connectivity index (χ4n) is 3.57. The molecule has 1 aliphatic heterocycles. The van der Waals surface area contributed by atoms with E-state index in [2.05, 4.69) is 20.4 Å². The maximum Gasteiger partial charge on any atom is 0.221 e. The molecule has 0 radical (unpaired) electrons. The van der Waals surface area contributed by atoms with Crippen molar-refractivity contribution in [2.45, 2.75) is 46.3 Å². The van der Waals surface area contributed by atoms with Gasteiger partial charge in [0.1, 0.15) is 6.10 Å². The lowest BCUT2D eigenvalue weighted by Gasteiger charge is -2.12. The molecule has 8 heteroatoms. The fraction of sp³-hybridized carbons (Fsp3) is 0.364. The lowest BCUT2D eigenvalue weighted by atomic mass is 10.0. The minimum Gasteiger partial charge on any atom is -0.485 e. The van der Waals surface area contributed by atoms with Crippen LogP contribution in [0.4, 0.5) is 4.39 Å². The second kappa shape index (κ2) is 8.22. The Balaban J connectivity index is 1.37. The molecule has 0 unspecified atom stereocenters. The van der Waals surface area contributed by atoms with Crippen molar-refractivity contribution >= 4 is 5.91 Å². The first-order valence-electron chi connectivity index (χ1n) is 9.95. The molecule has 1 aliphatic rings. The van der Waals surface area contributed by atoms with Gasteiger partial charge in [0.25, 0.3) is 0 Å². The minimum absolute atomic E-state index is 0.0884. The number of halogens is 1. The van der Waals surface area contributed by atoms with Crippen LogP contribution in [0.25, 0.3) is 11.3 Å². The van der Waals surface area contributed by atoms with Gasteiger partial charge >= 0.3 is 0 Å². The molecule has 1 aromatic carbocycles. The van der Waals surface area contributed by atoms with Crippen LogP contribution in [-0.4, -0.2) is 38.3 Å². The molecule has 3 heterocycles. The predicted molar refractivity (Wildman–Crippen MR) is 110 cm³/mol. The Hall–Kier alpha value is -3.29. The van der Waals surface area contributed by atoms with Gasteiger partial charge in [-0.3, -0.25) is 14.5 Å². The summed E-state index contributed by atoms with van der Waals surface area (Å²) >= 11 is 0. The van der Waals surface area contributed by atoms with Crippen LogP contribution in [0.2, 0.25) is 0 Å². The van der Waals surface area contributed by atoms with Crippen molar-refractivity contribution < 1.29 is 13.9 Å². The van der Waals surface area contributed by atoms with Gasteiger partial charge < -0.3 is 10.1 Å². The van der Waals surface area contributed by atoms with E-state index in [0.29, 0.717) is 37.2 Å². The molecule has 0 spiro atoms. The third-order valence-corrected chi connectivity index (χ3v) is 5.07. The Morgan fingerprint density at radius 3 is 2.90 bits per heavy atom. The number of aromatic nitrogens is 4. The SMILES string of the molecule is Cc1cnc(C)c(-c2cc(F)c3c(c2)C[C@@H](CNC(=O)CCn2ccc(C)n2)O3)n1. The van der Waals surface area contributed by atoms with Crippen molar-refractivity contribution in [2.75, 3.05) is 6.54 Å². The van der Waals surface area contributed by atoms with Crippen molar-refractivity contribution in [3.63, 3.8) is 0 Å². The third kappa shape index (κ3) is 4.32. The Bertz CT molecular complexity index is 1100. The number of nitrogens with one attached hydrogen (secondary N) is 1. The van der Waals surface area contributed by atoms with E-state index in [9.17, 15) is 9.18 Å². The molecular weight excluding hydrogens is 385 g/mol. The summed E-state index contributed by atoms with van der Waals surface area (Å²) < 4.78 is 22.2. The maximum atomic E-state index is 14.7. The Morgan fingerprint density at radius 1 is 1.30 bits per heavy atom. The standard InChI is InChI=1S/C22H24FN5O2/c1-13-4-6-28(27-13)7-5-20(29)25-12-18-9-17-8-16(10-19(23)22(17)30-18)21-15(3)24-11-14(2)26-21/h4,6,8,10-11,18H,5,7,9,12H2,1-3H3,(H,25,29)/t18-/m0/s1. The summed E-state index contributed by atoms with van der Waals surface area (Å²) in [5.41, 5.74) is 4.57. The number of hydrogen-bond acceptors (Lipinski definition) is 5. The summed E-state index contributed by atoms with van der Waals surface area (Å²) in [6.45, 7) is 6.45. The van der Waals surface area contributed by atoms with Crippen LogP contribution in [0, 0.1) is 26.6 Å². The smallest absolute Gasteiger partial charge is 0.221 e. The summed E-state index contributed by atoms with van der Waals surface area (Å²) in [4.78, 5) is 20.9.